The largest absolute Gasteiger partial charge is 0.486 e. The molecule has 1 N–H and O–H groups in total. The molecule has 2 aromatic carbocycles. The molecule has 0 saturated carbocycles. The van der Waals surface area contributed by atoms with E-state index in [4.69, 9.17) is 27.9 Å². The summed E-state index contributed by atoms with van der Waals surface area (Å²) in [4.78, 5) is 12.2. The fourth-order valence-electron chi connectivity index (χ4n) is 2.45. The number of amides is 1. The summed E-state index contributed by atoms with van der Waals surface area (Å²) < 4.78 is 20.5. The molecule has 0 radical (unpaired) electrons. The van der Waals surface area contributed by atoms with Crippen LogP contribution in [-0.4, -0.2) is 26.4 Å². The molecule has 0 aliphatic heterocycles. The van der Waals surface area contributed by atoms with Crippen LogP contribution in [0.4, 0.5) is 10.1 Å². The number of ether oxygens (including phenoxy) is 1. The number of benzene rings is 2. The number of nitrogens with one attached hydrogen (secondary N) is 1. The van der Waals surface area contributed by atoms with Crippen LogP contribution in [0.5, 0.6) is 5.75 Å². The van der Waals surface area contributed by atoms with Crippen LogP contribution in [0.15, 0.2) is 47.6 Å². The van der Waals surface area contributed by atoms with Gasteiger partial charge in [-0.25, -0.2) is 4.39 Å². The van der Waals surface area contributed by atoms with Gasteiger partial charge in [-0.2, -0.15) is 0 Å². The van der Waals surface area contributed by atoms with Gasteiger partial charge in [0.25, 0.3) is 0 Å². The Morgan fingerprint density at radius 1 is 1.21 bits per heavy atom. The van der Waals surface area contributed by atoms with Crippen LogP contribution >= 0.6 is 35.0 Å². The molecule has 1 amide bonds. The highest BCUT2D eigenvalue weighted by Gasteiger charge is 2.15. The summed E-state index contributed by atoms with van der Waals surface area (Å²) in [5, 5.41) is 12.3. The highest BCUT2D eigenvalue weighted by molar-refractivity contribution is 7.99. The minimum atomic E-state index is -0.329. The Balaban J connectivity index is 1.58. The summed E-state index contributed by atoms with van der Waals surface area (Å²) in [5.41, 5.74) is 0.454. The van der Waals surface area contributed by atoms with Crippen molar-refractivity contribution >= 4 is 46.6 Å². The molecular weight excluding hydrogens is 438 g/mol. The predicted octanol–water partition coefficient (Wildman–Crippen LogP) is 5.05. The number of thioether (sulfide) groups is 1. The summed E-state index contributed by atoms with van der Waals surface area (Å²) in [6.07, 6.45) is 0. The van der Waals surface area contributed by atoms with Crippen molar-refractivity contribution in [2.24, 2.45) is 0 Å². The Morgan fingerprint density at radius 3 is 2.69 bits per heavy atom. The third kappa shape index (κ3) is 5.62. The Bertz CT molecular complexity index is 998. The van der Waals surface area contributed by atoms with Crippen LogP contribution in [0.1, 0.15) is 12.7 Å². The van der Waals surface area contributed by atoms with Gasteiger partial charge in [-0.1, -0.05) is 41.0 Å². The standard InChI is InChI=1S/C19H17Cl2FN4O2S/c1-2-26-16(10-28-13-8-6-12(22)7-9-13)24-25-19(26)29-11-17(27)23-15-5-3-4-14(20)18(15)21/h3-9H,2,10-11H2,1H3,(H,23,27). The van der Waals surface area contributed by atoms with E-state index in [0.717, 1.165) is 0 Å². The number of carbonyl (C=O) groups excluding carboxylic acids is 1. The molecule has 0 atom stereocenters. The Morgan fingerprint density at radius 2 is 1.97 bits per heavy atom. The Hall–Kier alpha value is -2.29. The van der Waals surface area contributed by atoms with Crippen molar-refractivity contribution in [3.8, 4) is 5.75 Å². The van der Waals surface area contributed by atoms with E-state index in [2.05, 4.69) is 15.5 Å². The molecule has 0 aliphatic carbocycles. The smallest absolute Gasteiger partial charge is 0.234 e. The molecule has 0 bridgehead atoms. The van der Waals surface area contributed by atoms with E-state index in [9.17, 15) is 9.18 Å². The van der Waals surface area contributed by atoms with E-state index in [-0.39, 0.29) is 24.1 Å². The zero-order chi connectivity index (χ0) is 20.8. The number of anilines is 1. The zero-order valence-electron chi connectivity index (χ0n) is 15.4. The van der Waals surface area contributed by atoms with Crippen LogP contribution in [0, 0.1) is 5.82 Å². The monoisotopic (exact) mass is 454 g/mol. The van der Waals surface area contributed by atoms with Crippen LogP contribution in [-0.2, 0) is 17.9 Å². The van der Waals surface area contributed by atoms with Gasteiger partial charge < -0.3 is 14.6 Å². The van der Waals surface area contributed by atoms with Crippen LogP contribution in [0.3, 0.4) is 0 Å². The van der Waals surface area contributed by atoms with E-state index in [1.54, 1.807) is 30.3 Å². The van der Waals surface area contributed by atoms with E-state index in [1.165, 1.54) is 23.9 Å². The molecule has 6 nitrogen and oxygen atoms in total. The molecule has 29 heavy (non-hydrogen) atoms. The maximum absolute atomic E-state index is 13.0. The van der Waals surface area contributed by atoms with Crippen molar-refractivity contribution in [1.82, 2.24) is 14.8 Å². The Kier molecular flexibility index (Phi) is 7.35. The molecule has 0 saturated heterocycles. The first-order valence-electron chi connectivity index (χ1n) is 8.65. The molecule has 1 heterocycles. The van der Waals surface area contributed by atoms with E-state index >= 15 is 0 Å². The molecule has 0 spiro atoms. The molecule has 1 aromatic heterocycles. The van der Waals surface area contributed by atoms with Gasteiger partial charge >= 0.3 is 0 Å². The number of hydrogen-bond acceptors (Lipinski definition) is 5. The molecule has 0 unspecified atom stereocenters. The summed E-state index contributed by atoms with van der Waals surface area (Å²) >= 11 is 13.3. The molecule has 3 aromatic rings. The number of halogens is 3. The number of hydrogen-bond donors (Lipinski definition) is 1. The molecule has 152 valence electrons. The van der Waals surface area contributed by atoms with Crippen molar-refractivity contribution in [2.75, 3.05) is 11.1 Å². The third-order valence-electron chi connectivity index (χ3n) is 3.85. The number of rotatable bonds is 8. The first-order valence-corrected chi connectivity index (χ1v) is 10.4. The number of aromatic nitrogens is 3. The second-order valence-corrected chi connectivity index (χ2v) is 7.55. The van der Waals surface area contributed by atoms with Crippen LogP contribution < -0.4 is 10.1 Å². The zero-order valence-corrected chi connectivity index (χ0v) is 17.7. The molecule has 3 rings (SSSR count). The van der Waals surface area contributed by atoms with Gasteiger partial charge in [-0.3, -0.25) is 4.79 Å². The van der Waals surface area contributed by atoms with Crippen molar-refractivity contribution < 1.29 is 13.9 Å². The summed E-state index contributed by atoms with van der Waals surface area (Å²) in [6, 6.07) is 10.8. The van der Waals surface area contributed by atoms with Crippen molar-refractivity contribution in [2.45, 2.75) is 25.2 Å². The average molecular weight is 455 g/mol. The van der Waals surface area contributed by atoms with Gasteiger partial charge in [0.15, 0.2) is 11.0 Å². The highest BCUT2D eigenvalue weighted by atomic mass is 35.5. The first kappa shape index (κ1) is 21.4. The lowest BCUT2D eigenvalue weighted by molar-refractivity contribution is -0.113. The predicted molar refractivity (Wildman–Crippen MR) is 112 cm³/mol. The van der Waals surface area contributed by atoms with E-state index in [0.29, 0.717) is 39.0 Å². The topological polar surface area (TPSA) is 69.0 Å². The van der Waals surface area contributed by atoms with Gasteiger partial charge in [0.2, 0.25) is 5.91 Å². The summed E-state index contributed by atoms with van der Waals surface area (Å²) in [6.45, 7) is 2.73. The number of carbonyl (C=O) groups is 1. The van der Waals surface area contributed by atoms with Crippen LogP contribution in [0.2, 0.25) is 10.0 Å². The van der Waals surface area contributed by atoms with E-state index in [1.807, 2.05) is 11.5 Å². The quantitative estimate of drug-likeness (QED) is 0.482. The maximum atomic E-state index is 13.0. The summed E-state index contributed by atoms with van der Waals surface area (Å²) in [5.74, 6) is 0.695. The third-order valence-corrected chi connectivity index (χ3v) is 5.63. The molecular formula is C19H17Cl2FN4O2S. The van der Waals surface area contributed by atoms with Crippen LogP contribution in [0.25, 0.3) is 0 Å². The second-order valence-electron chi connectivity index (χ2n) is 5.82. The lowest BCUT2D eigenvalue weighted by Crippen LogP contribution is -2.15. The number of nitrogens with zero attached hydrogens (tertiary/aromatic N) is 3. The minimum Gasteiger partial charge on any atom is -0.486 e. The van der Waals surface area contributed by atoms with Gasteiger partial charge in [0.05, 0.1) is 21.5 Å². The average Bonchev–Trinajstić information content (AvgIpc) is 3.11. The van der Waals surface area contributed by atoms with Gasteiger partial charge in [-0.05, 0) is 43.3 Å². The van der Waals surface area contributed by atoms with Crippen molar-refractivity contribution in [3.63, 3.8) is 0 Å². The van der Waals surface area contributed by atoms with E-state index < -0.39 is 0 Å². The maximum Gasteiger partial charge on any atom is 0.234 e. The molecule has 0 fully saturated rings. The van der Waals surface area contributed by atoms with Gasteiger partial charge in [0.1, 0.15) is 18.2 Å². The lowest BCUT2D eigenvalue weighted by Gasteiger charge is -2.10. The fourth-order valence-corrected chi connectivity index (χ4v) is 3.61. The summed E-state index contributed by atoms with van der Waals surface area (Å²) in [7, 11) is 0. The van der Waals surface area contributed by atoms with Crippen molar-refractivity contribution in [3.05, 3.63) is 64.2 Å². The van der Waals surface area contributed by atoms with Gasteiger partial charge in [-0.15, -0.1) is 10.2 Å². The Labute approximate surface area is 181 Å². The normalized spacial score (nSPS) is 10.8. The van der Waals surface area contributed by atoms with Crippen molar-refractivity contribution in [1.29, 1.82) is 0 Å². The highest BCUT2D eigenvalue weighted by Crippen LogP contribution is 2.29. The lowest BCUT2D eigenvalue weighted by atomic mass is 10.3. The molecule has 10 heteroatoms. The second kappa shape index (κ2) is 9.96. The first-order chi connectivity index (χ1) is 14.0. The molecule has 0 aliphatic rings. The fraction of sp³-hybridized carbons (Fsp3) is 0.211. The minimum absolute atomic E-state index is 0.125. The van der Waals surface area contributed by atoms with Gasteiger partial charge in [0, 0.05) is 6.54 Å². The SMILES string of the molecule is CCn1c(COc2ccc(F)cc2)nnc1SCC(=O)Nc1cccc(Cl)c1Cl.